The number of halogens is 2. The lowest BCUT2D eigenvalue weighted by atomic mass is 10.0. The largest absolute Gasteiger partial charge is 0.345 e. The Morgan fingerprint density at radius 2 is 2.00 bits per heavy atom. The van der Waals surface area contributed by atoms with Crippen LogP contribution in [0.2, 0.25) is 0 Å². The molecule has 0 bridgehead atoms. The smallest absolute Gasteiger partial charge is 0.227 e. The summed E-state index contributed by atoms with van der Waals surface area (Å²) in [5.41, 5.74) is 6.08. The van der Waals surface area contributed by atoms with Crippen molar-refractivity contribution in [3.63, 3.8) is 0 Å². The number of nitrogens with zero attached hydrogens (tertiary/aromatic N) is 3. The molecule has 160 valence electrons. The summed E-state index contributed by atoms with van der Waals surface area (Å²) in [7, 11) is 1.83. The molecule has 2 N–H and O–H groups in total. The number of likely N-dealkylation sites (N-methyl/N-ethyl adjacent to an activating group) is 1. The Hall–Kier alpha value is -0.560. The summed E-state index contributed by atoms with van der Waals surface area (Å²) in [6, 6.07) is 0.573. The van der Waals surface area contributed by atoms with Crippen LogP contribution in [0.5, 0.6) is 0 Å². The molecule has 0 saturated carbocycles. The molecule has 2 rings (SSSR count). The van der Waals surface area contributed by atoms with Gasteiger partial charge in [-0.2, -0.15) is 0 Å². The number of carbonyl (C=O) groups excluding carboxylic acids is 2. The quantitative estimate of drug-likeness (QED) is 0.646. The van der Waals surface area contributed by atoms with E-state index in [0.29, 0.717) is 31.5 Å². The molecule has 3 unspecified atom stereocenters. The van der Waals surface area contributed by atoms with Gasteiger partial charge in [-0.15, -0.1) is 24.8 Å². The molecule has 0 spiro atoms. The van der Waals surface area contributed by atoms with E-state index in [1.54, 1.807) is 4.90 Å². The van der Waals surface area contributed by atoms with Crippen LogP contribution in [0.3, 0.4) is 0 Å². The predicted molar refractivity (Wildman–Crippen MR) is 115 cm³/mol. The van der Waals surface area contributed by atoms with Crippen molar-refractivity contribution in [1.82, 2.24) is 14.7 Å². The highest BCUT2D eigenvalue weighted by Gasteiger charge is 2.37. The van der Waals surface area contributed by atoms with Crippen molar-refractivity contribution in [3.8, 4) is 0 Å². The van der Waals surface area contributed by atoms with Gasteiger partial charge in [0, 0.05) is 45.2 Å². The molecule has 2 saturated heterocycles. The van der Waals surface area contributed by atoms with Gasteiger partial charge in [-0.1, -0.05) is 20.8 Å². The summed E-state index contributed by atoms with van der Waals surface area (Å²) in [5, 5.41) is 0. The minimum atomic E-state index is -0.191. The van der Waals surface area contributed by atoms with Crippen molar-refractivity contribution < 1.29 is 9.59 Å². The SMILES string of the molecule is CCN1CCCC1CN1CC(C(=O)N(C)CCC(N)C(C)C)CC1=O.Cl.Cl. The maximum Gasteiger partial charge on any atom is 0.227 e. The molecule has 0 aromatic heterocycles. The molecule has 0 radical (unpaired) electrons. The van der Waals surface area contributed by atoms with Crippen molar-refractivity contribution >= 4 is 36.6 Å². The van der Waals surface area contributed by atoms with E-state index in [4.69, 9.17) is 5.73 Å². The first-order valence-electron chi connectivity index (χ1n) is 9.85. The second-order valence-electron chi connectivity index (χ2n) is 8.08. The van der Waals surface area contributed by atoms with E-state index in [2.05, 4.69) is 25.7 Å². The van der Waals surface area contributed by atoms with Crippen molar-refractivity contribution in [1.29, 1.82) is 0 Å². The molecule has 6 nitrogen and oxygen atoms in total. The molecule has 3 atom stereocenters. The zero-order valence-electron chi connectivity index (χ0n) is 17.2. The van der Waals surface area contributed by atoms with Gasteiger partial charge in [0.05, 0.1) is 5.92 Å². The van der Waals surface area contributed by atoms with Gasteiger partial charge in [-0.05, 0) is 38.3 Å². The molecule has 0 aromatic carbocycles. The first-order chi connectivity index (χ1) is 11.8. The topological polar surface area (TPSA) is 69.9 Å². The number of hydrogen-bond acceptors (Lipinski definition) is 4. The van der Waals surface area contributed by atoms with Crippen molar-refractivity contribution in [2.24, 2.45) is 17.6 Å². The van der Waals surface area contributed by atoms with Gasteiger partial charge in [0.25, 0.3) is 0 Å². The zero-order chi connectivity index (χ0) is 18.6. The first-order valence-corrected chi connectivity index (χ1v) is 9.85. The van der Waals surface area contributed by atoms with Gasteiger partial charge >= 0.3 is 0 Å². The molecule has 0 aromatic rings. The Balaban J connectivity index is 0.00000338. The molecular formula is C19H38Cl2N4O2. The molecular weight excluding hydrogens is 387 g/mol. The van der Waals surface area contributed by atoms with Crippen molar-refractivity contribution in [2.75, 3.05) is 39.8 Å². The molecule has 2 fully saturated rings. The average Bonchev–Trinajstić information content (AvgIpc) is 3.18. The Morgan fingerprint density at radius 1 is 1.33 bits per heavy atom. The fraction of sp³-hybridized carbons (Fsp3) is 0.895. The van der Waals surface area contributed by atoms with Gasteiger partial charge in [0.1, 0.15) is 0 Å². The van der Waals surface area contributed by atoms with Crippen LogP contribution in [0, 0.1) is 11.8 Å². The minimum absolute atomic E-state index is 0. The monoisotopic (exact) mass is 424 g/mol. The van der Waals surface area contributed by atoms with E-state index in [-0.39, 0.29) is 48.6 Å². The zero-order valence-corrected chi connectivity index (χ0v) is 18.9. The third kappa shape index (κ3) is 7.08. The highest BCUT2D eigenvalue weighted by Crippen LogP contribution is 2.24. The summed E-state index contributed by atoms with van der Waals surface area (Å²) < 4.78 is 0. The third-order valence-electron chi connectivity index (χ3n) is 5.93. The molecule has 2 heterocycles. The number of amides is 2. The van der Waals surface area contributed by atoms with Crippen LogP contribution in [0.4, 0.5) is 0 Å². The fourth-order valence-corrected chi connectivity index (χ4v) is 3.98. The summed E-state index contributed by atoms with van der Waals surface area (Å²) in [6.45, 7) is 10.6. The number of hydrogen-bond donors (Lipinski definition) is 1. The van der Waals surface area contributed by atoms with E-state index in [0.717, 1.165) is 32.5 Å². The highest BCUT2D eigenvalue weighted by atomic mass is 35.5. The lowest BCUT2D eigenvalue weighted by molar-refractivity contribution is -0.134. The summed E-state index contributed by atoms with van der Waals surface area (Å²) in [4.78, 5) is 31.2. The van der Waals surface area contributed by atoms with Crippen LogP contribution >= 0.6 is 24.8 Å². The van der Waals surface area contributed by atoms with E-state index < -0.39 is 0 Å². The Morgan fingerprint density at radius 3 is 2.59 bits per heavy atom. The van der Waals surface area contributed by atoms with E-state index in [1.165, 1.54) is 6.42 Å². The molecule has 8 heteroatoms. The van der Waals surface area contributed by atoms with Crippen LogP contribution in [0.1, 0.15) is 46.5 Å². The predicted octanol–water partition coefficient (Wildman–Crippen LogP) is 1.99. The van der Waals surface area contributed by atoms with E-state index >= 15 is 0 Å². The minimum Gasteiger partial charge on any atom is -0.345 e. The van der Waals surface area contributed by atoms with E-state index in [9.17, 15) is 9.59 Å². The lowest BCUT2D eigenvalue weighted by Gasteiger charge is -2.28. The number of nitrogens with two attached hydrogens (primary N) is 1. The molecule has 2 amide bonds. The van der Waals surface area contributed by atoms with Crippen molar-refractivity contribution in [3.05, 3.63) is 0 Å². The summed E-state index contributed by atoms with van der Waals surface area (Å²) in [5.74, 6) is 0.448. The Kier molecular flexibility index (Phi) is 11.8. The Labute approximate surface area is 177 Å². The number of carbonyl (C=O) groups is 2. The van der Waals surface area contributed by atoms with Crippen molar-refractivity contribution in [2.45, 2.75) is 58.5 Å². The molecule has 0 aliphatic carbocycles. The maximum absolute atomic E-state index is 12.7. The first kappa shape index (κ1) is 26.4. The normalized spacial score (nSPS) is 23.9. The van der Waals surface area contributed by atoms with Gasteiger partial charge in [-0.25, -0.2) is 0 Å². The third-order valence-corrected chi connectivity index (χ3v) is 5.93. The number of rotatable bonds is 8. The lowest BCUT2D eigenvalue weighted by Crippen LogP contribution is -2.42. The van der Waals surface area contributed by atoms with E-state index in [1.807, 2.05) is 11.9 Å². The van der Waals surface area contributed by atoms with Crippen LogP contribution in [0.25, 0.3) is 0 Å². The van der Waals surface area contributed by atoms with Gasteiger partial charge < -0.3 is 15.5 Å². The van der Waals surface area contributed by atoms with Crippen LogP contribution in [0.15, 0.2) is 0 Å². The van der Waals surface area contributed by atoms with Crippen LogP contribution in [-0.2, 0) is 9.59 Å². The Bertz CT molecular complexity index is 479. The van der Waals surface area contributed by atoms with Gasteiger partial charge in [0.2, 0.25) is 11.8 Å². The maximum atomic E-state index is 12.7. The van der Waals surface area contributed by atoms with Crippen LogP contribution in [-0.4, -0.2) is 78.4 Å². The average molecular weight is 425 g/mol. The fourth-order valence-electron chi connectivity index (χ4n) is 3.98. The number of likely N-dealkylation sites (tertiary alicyclic amines) is 2. The van der Waals surface area contributed by atoms with Gasteiger partial charge in [0.15, 0.2) is 0 Å². The molecule has 2 aliphatic heterocycles. The van der Waals surface area contributed by atoms with Gasteiger partial charge in [-0.3, -0.25) is 14.5 Å². The molecule has 27 heavy (non-hydrogen) atoms. The second-order valence-corrected chi connectivity index (χ2v) is 8.08. The second kappa shape index (κ2) is 12.1. The summed E-state index contributed by atoms with van der Waals surface area (Å²) in [6.07, 6.45) is 3.53. The van der Waals surface area contributed by atoms with Crippen LogP contribution < -0.4 is 5.73 Å². The summed E-state index contributed by atoms with van der Waals surface area (Å²) >= 11 is 0. The standard InChI is InChI=1S/C19H36N4O2.2ClH/c1-5-22-9-6-7-16(22)13-23-12-15(11-18(23)24)19(25)21(4)10-8-17(20)14(2)3;;/h14-17H,5-13,20H2,1-4H3;2*1H. The molecule has 2 aliphatic rings. The highest BCUT2D eigenvalue weighted by molar-refractivity contribution is 5.89.